The molecule has 0 unspecified atom stereocenters. The zero-order chi connectivity index (χ0) is 18.0. The van der Waals surface area contributed by atoms with Gasteiger partial charge in [0.1, 0.15) is 11.4 Å². The van der Waals surface area contributed by atoms with Crippen LogP contribution in [0.4, 0.5) is 10.6 Å². The number of nitrogens with zero attached hydrogens (tertiary/aromatic N) is 3. The van der Waals surface area contributed by atoms with Crippen molar-refractivity contribution >= 4 is 11.9 Å². The number of rotatable bonds is 3. The molecule has 0 radical (unpaired) electrons. The predicted octanol–water partition coefficient (Wildman–Crippen LogP) is 4.53. The molecule has 138 valence electrons. The standard InChI is InChI=1S/C20H31N3O2/c1-20(2,3)25-19(24)23(15-9-7-10-15)18-16(11-8-13-21-18)17-12-5-6-14-22(17)4/h8,11,13,15,17H,5-7,9-10,12,14H2,1-4H3/t17-/m1/s1. The monoisotopic (exact) mass is 345 g/mol. The summed E-state index contributed by atoms with van der Waals surface area (Å²) < 4.78 is 5.71. The van der Waals surface area contributed by atoms with Gasteiger partial charge in [0.2, 0.25) is 0 Å². The first-order valence-electron chi connectivity index (χ1n) is 9.54. The highest BCUT2D eigenvalue weighted by Gasteiger charge is 2.37. The Morgan fingerprint density at radius 2 is 2.00 bits per heavy atom. The van der Waals surface area contributed by atoms with Crippen molar-refractivity contribution < 1.29 is 9.53 Å². The van der Waals surface area contributed by atoms with Gasteiger partial charge in [-0.1, -0.05) is 12.5 Å². The Morgan fingerprint density at radius 1 is 1.24 bits per heavy atom. The molecule has 0 N–H and O–H groups in total. The van der Waals surface area contributed by atoms with Crippen LogP contribution in [0.3, 0.4) is 0 Å². The maximum atomic E-state index is 13.0. The molecule has 1 saturated heterocycles. The van der Waals surface area contributed by atoms with Crippen molar-refractivity contribution in [3.8, 4) is 0 Å². The molecule has 0 bridgehead atoms. The second-order valence-electron chi connectivity index (χ2n) is 8.34. The number of anilines is 1. The summed E-state index contributed by atoms with van der Waals surface area (Å²) in [7, 11) is 2.17. The lowest BCUT2D eigenvalue weighted by Gasteiger charge is -2.40. The van der Waals surface area contributed by atoms with E-state index in [0.29, 0.717) is 6.04 Å². The Labute approximate surface area is 151 Å². The molecule has 3 rings (SSSR count). The zero-order valence-corrected chi connectivity index (χ0v) is 16.0. The summed E-state index contributed by atoms with van der Waals surface area (Å²) in [6.07, 6.45) is 8.30. The third kappa shape index (κ3) is 4.14. The van der Waals surface area contributed by atoms with Gasteiger partial charge in [-0.2, -0.15) is 0 Å². The fraction of sp³-hybridized carbons (Fsp3) is 0.700. The number of likely N-dealkylation sites (tertiary alicyclic amines) is 1. The summed E-state index contributed by atoms with van der Waals surface area (Å²) in [5.74, 6) is 0.792. The topological polar surface area (TPSA) is 45.7 Å². The van der Waals surface area contributed by atoms with Crippen molar-refractivity contribution in [2.24, 2.45) is 0 Å². The minimum absolute atomic E-state index is 0.206. The molecule has 2 heterocycles. The maximum absolute atomic E-state index is 13.0. The van der Waals surface area contributed by atoms with Crippen LogP contribution in [0.5, 0.6) is 0 Å². The van der Waals surface area contributed by atoms with Crippen LogP contribution in [0.1, 0.15) is 70.9 Å². The van der Waals surface area contributed by atoms with Gasteiger partial charge >= 0.3 is 6.09 Å². The number of pyridine rings is 1. The summed E-state index contributed by atoms with van der Waals surface area (Å²) in [4.78, 5) is 21.8. The summed E-state index contributed by atoms with van der Waals surface area (Å²) in [5, 5.41) is 0. The maximum Gasteiger partial charge on any atom is 0.416 e. The fourth-order valence-corrected chi connectivity index (χ4v) is 3.70. The second kappa shape index (κ2) is 7.32. The van der Waals surface area contributed by atoms with Gasteiger partial charge in [0, 0.05) is 23.8 Å². The zero-order valence-electron chi connectivity index (χ0n) is 16.0. The van der Waals surface area contributed by atoms with Gasteiger partial charge in [0.15, 0.2) is 0 Å². The van der Waals surface area contributed by atoms with Crippen molar-refractivity contribution in [2.45, 2.75) is 77.0 Å². The van der Waals surface area contributed by atoms with Gasteiger partial charge in [-0.15, -0.1) is 0 Å². The number of piperidine rings is 1. The van der Waals surface area contributed by atoms with Gasteiger partial charge in [-0.05, 0) is 72.5 Å². The van der Waals surface area contributed by atoms with E-state index in [-0.39, 0.29) is 12.1 Å². The lowest BCUT2D eigenvalue weighted by Crippen LogP contribution is -2.48. The van der Waals surface area contributed by atoms with E-state index in [2.05, 4.69) is 23.0 Å². The summed E-state index contributed by atoms with van der Waals surface area (Å²) in [6.45, 7) is 6.84. The van der Waals surface area contributed by atoms with Crippen LogP contribution < -0.4 is 4.90 Å². The molecule has 1 saturated carbocycles. The van der Waals surface area contributed by atoms with Crippen LogP contribution in [0, 0.1) is 0 Å². The quantitative estimate of drug-likeness (QED) is 0.807. The molecule has 1 aromatic rings. The van der Waals surface area contributed by atoms with E-state index in [1.165, 1.54) is 12.8 Å². The summed E-state index contributed by atoms with van der Waals surface area (Å²) >= 11 is 0. The average Bonchev–Trinajstić information content (AvgIpc) is 2.49. The number of ether oxygens (including phenoxy) is 1. The molecule has 0 aromatic carbocycles. The minimum Gasteiger partial charge on any atom is -0.443 e. The Hall–Kier alpha value is -1.62. The third-order valence-corrected chi connectivity index (χ3v) is 5.20. The second-order valence-corrected chi connectivity index (χ2v) is 8.34. The van der Waals surface area contributed by atoms with Gasteiger partial charge in [-0.3, -0.25) is 9.80 Å². The molecule has 1 amide bonds. The summed E-state index contributed by atoms with van der Waals surface area (Å²) in [5.41, 5.74) is 0.651. The number of aromatic nitrogens is 1. The van der Waals surface area contributed by atoms with E-state index in [4.69, 9.17) is 4.74 Å². The van der Waals surface area contributed by atoms with Crippen LogP contribution >= 0.6 is 0 Å². The predicted molar refractivity (Wildman–Crippen MR) is 99.8 cm³/mol. The molecule has 1 aliphatic carbocycles. The highest BCUT2D eigenvalue weighted by molar-refractivity contribution is 5.88. The van der Waals surface area contributed by atoms with Crippen molar-refractivity contribution in [2.75, 3.05) is 18.5 Å². The van der Waals surface area contributed by atoms with Crippen molar-refractivity contribution in [3.05, 3.63) is 23.9 Å². The molecule has 25 heavy (non-hydrogen) atoms. The number of amides is 1. The first-order chi connectivity index (χ1) is 11.9. The number of hydrogen-bond acceptors (Lipinski definition) is 4. The normalized spacial score (nSPS) is 22.3. The van der Waals surface area contributed by atoms with E-state index in [9.17, 15) is 4.79 Å². The first-order valence-corrected chi connectivity index (χ1v) is 9.54. The van der Waals surface area contributed by atoms with Crippen LogP contribution in [-0.2, 0) is 4.74 Å². The number of hydrogen-bond donors (Lipinski definition) is 0. The Morgan fingerprint density at radius 3 is 2.60 bits per heavy atom. The van der Waals surface area contributed by atoms with Gasteiger partial charge in [0.05, 0.1) is 0 Å². The van der Waals surface area contributed by atoms with E-state index in [1.54, 1.807) is 6.20 Å². The molecule has 5 heteroatoms. The van der Waals surface area contributed by atoms with E-state index < -0.39 is 5.60 Å². The SMILES string of the molecule is CN1CCCC[C@@H]1c1cccnc1N(C(=O)OC(C)(C)C)C1CCC1. The Balaban J connectivity index is 1.94. The molecule has 2 aliphatic rings. The number of carbonyl (C=O) groups is 1. The van der Waals surface area contributed by atoms with Gasteiger partial charge < -0.3 is 4.74 Å². The molecule has 5 nitrogen and oxygen atoms in total. The Bertz CT molecular complexity index is 607. The molecule has 0 spiro atoms. The van der Waals surface area contributed by atoms with Crippen LogP contribution in [0.25, 0.3) is 0 Å². The molecular formula is C20H31N3O2. The lowest BCUT2D eigenvalue weighted by atomic mass is 9.90. The fourth-order valence-electron chi connectivity index (χ4n) is 3.70. The van der Waals surface area contributed by atoms with Crippen molar-refractivity contribution in [1.29, 1.82) is 0 Å². The number of carbonyl (C=O) groups excluding carboxylic acids is 1. The van der Waals surface area contributed by atoms with Gasteiger partial charge in [-0.25, -0.2) is 9.78 Å². The molecule has 2 fully saturated rings. The van der Waals surface area contributed by atoms with Crippen molar-refractivity contribution in [1.82, 2.24) is 9.88 Å². The average molecular weight is 345 g/mol. The molecule has 1 aromatic heterocycles. The third-order valence-electron chi connectivity index (χ3n) is 5.20. The lowest BCUT2D eigenvalue weighted by molar-refractivity contribution is 0.0546. The van der Waals surface area contributed by atoms with E-state index >= 15 is 0 Å². The van der Waals surface area contributed by atoms with E-state index in [0.717, 1.165) is 43.6 Å². The van der Waals surface area contributed by atoms with Crippen LogP contribution in [0.15, 0.2) is 18.3 Å². The van der Waals surface area contributed by atoms with Gasteiger partial charge in [0.25, 0.3) is 0 Å². The largest absolute Gasteiger partial charge is 0.443 e. The highest BCUT2D eigenvalue weighted by atomic mass is 16.6. The van der Waals surface area contributed by atoms with Crippen LogP contribution in [-0.4, -0.2) is 41.2 Å². The summed E-state index contributed by atoms with van der Waals surface area (Å²) in [6, 6.07) is 4.64. The molecule has 1 aliphatic heterocycles. The van der Waals surface area contributed by atoms with Crippen molar-refractivity contribution in [3.63, 3.8) is 0 Å². The Kier molecular flexibility index (Phi) is 5.32. The highest BCUT2D eigenvalue weighted by Crippen LogP contribution is 2.38. The minimum atomic E-state index is -0.504. The van der Waals surface area contributed by atoms with Crippen LogP contribution in [0.2, 0.25) is 0 Å². The van der Waals surface area contributed by atoms with E-state index in [1.807, 2.05) is 31.7 Å². The smallest absolute Gasteiger partial charge is 0.416 e. The molecule has 1 atom stereocenters. The molecular weight excluding hydrogens is 314 g/mol. The first kappa shape index (κ1) is 18.2.